The Hall–Kier alpha value is -1.99. The van der Waals surface area contributed by atoms with Gasteiger partial charge in [0.15, 0.2) is 0 Å². The van der Waals surface area contributed by atoms with E-state index in [1.165, 1.54) is 16.0 Å². The molecular formula is C26H40N2O5. The summed E-state index contributed by atoms with van der Waals surface area (Å²) in [5.41, 5.74) is 2.60. The Morgan fingerprint density at radius 3 is 2.39 bits per heavy atom. The predicted molar refractivity (Wildman–Crippen MR) is 127 cm³/mol. The Morgan fingerprint density at radius 2 is 1.76 bits per heavy atom. The monoisotopic (exact) mass is 460 g/mol. The fourth-order valence-electron chi connectivity index (χ4n) is 5.63. The molecular weight excluding hydrogens is 420 g/mol. The number of carbonyl (C=O) groups is 2. The predicted octanol–water partition coefficient (Wildman–Crippen LogP) is 3.60. The lowest BCUT2D eigenvalue weighted by atomic mass is 9.60. The summed E-state index contributed by atoms with van der Waals surface area (Å²) in [4.78, 5) is 33.3. The number of carbonyl (C=O) groups excluding carboxylic acids is 2. The van der Waals surface area contributed by atoms with Gasteiger partial charge in [0.2, 0.25) is 11.8 Å². The lowest BCUT2D eigenvalue weighted by Gasteiger charge is -2.45. The topological polar surface area (TPSA) is 99.4 Å². The van der Waals surface area contributed by atoms with E-state index in [9.17, 15) is 19.8 Å². The van der Waals surface area contributed by atoms with Crippen molar-refractivity contribution in [2.45, 2.75) is 91.4 Å². The van der Waals surface area contributed by atoms with Crippen LogP contribution in [0.3, 0.4) is 0 Å². The first kappa shape index (κ1) is 25.6. The van der Waals surface area contributed by atoms with Crippen LogP contribution < -0.4 is 0 Å². The number of fused-ring (bicyclic) bond motifs is 3. The molecule has 1 heterocycles. The maximum atomic E-state index is 13.3. The first-order valence-electron chi connectivity index (χ1n) is 12.1. The minimum Gasteiger partial charge on any atom is -0.392 e. The van der Waals surface area contributed by atoms with Gasteiger partial charge in [-0.3, -0.25) is 14.5 Å². The van der Waals surface area contributed by atoms with E-state index in [0.29, 0.717) is 25.2 Å². The van der Waals surface area contributed by atoms with Gasteiger partial charge in [-0.2, -0.15) is 0 Å². The number of imide groups is 1. The van der Waals surface area contributed by atoms with Crippen LogP contribution in [-0.4, -0.2) is 57.0 Å². The maximum absolute atomic E-state index is 13.3. The van der Waals surface area contributed by atoms with Crippen LogP contribution in [-0.2, 0) is 14.4 Å². The quantitative estimate of drug-likeness (QED) is 0.273. The van der Waals surface area contributed by atoms with E-state index in [2.05, 4.69) is 32.0 Å². The van der Waals surface area contributed by atoms with Gasteiger partial charge in [0.1, 0.15) is 6.61 Å². The van der Waals surface area contributed by atoms with E-state index in [1.807, 2.05) is 26.8 Å². The molecule has 6 atom stereocenters. The smallest absolute Gasteiger partial charge is 0.233 e. The average molecular weight is 461 g/mol. The maximum Gasteiger partial charge on any atom is 0.233 e. The molecule has 0 spiro atoms. The van der Waals surface area contributed by atoms with Crippen molar-refractivity contribution in [2.24, 2.45) is 28.8 Å². The summed E-state index contributed by atoms with van der Waals surface area (Å²) in [7, 11) is 0. The Bertz CT molecular complexity index is 849. The highest BCUT2D eigenvalue weighted by molar-refractivity contribution is 6.06. The van der Waals surface area contributed by atoms with Crippen molar-refractivity contribution in [1.82, 2.24) is 4.90 Å². The van der Waals surface area contributed by atoms with Crippen LogP contribution in [0, 0.1) is 23.7 Å². The molecule has 7 nitrogen and oxygen atoms in total. The van der Waals surface area contributed by atoms with Gasteiger partial charge in [0.05, 0.1) is 29.8 Å². The molecule has 0 aromatic heterocycles. The highest BCUT2D eigenvalue weighted by Gasteiger charge is 2.61. The molecule has 0 unspecified atom stereocenters. The van der Waals surface area contributed by atoms with Crippen molar-refractivity contribution in [1.29, 1.82) is 0 Å². The Labute approximate surface area is 197 Å². The number of aliphatic hydroxyl groups excluding tert-OH is 2. The van der Waals surface area contributed by atoms with Crippen LogP contribution in [0.2, 0.25) is 0 Å². The number of hydrogen-bond acceptors (Lipinski definition) is 6. The normalized spacial score (nSPS) is 33.8. The summed E-state index contributed by atoms with van der Waals surface area (Å²) in [6.07, 6.45) is 5.52. The van der Waals surface area contributed by atoms with Crippen molar-refractivity contribution >= 4 is 17.5 Å². The van der Waals surface area contributed by atoms with Crippen LogP contribution in [0.4, 0.5) is 0 Å². The molecule has 2 N–H and O–H groups in total. The summed E-state index contributed by atoms with van der Waals surface area (Å²) in [6, 6.07) is 0. The zero-order chi connectivity index (χ0) is 24.5. The highest BCUT2D eigenvalue weighted by Crippen LogP contribution is 2.50. The van der Waals surface area contributed by atoms with Crippen LogP contribution >= 0.6 is 0 Å². The first-order chi connectivity index (χ1) is 15.4. The van der Waals surface area contributed by atoms with Gasteiger partial charge in [-0.1, -0.05) is 22.4 Å². The lowest BCUT2D eigenvalue weighted by molar-refractivity contribution is -0.146. The van der Waals surface area contributed by atoms with Crippen LogP contribution in [0.1, 0.15) is 73.6 Å². The second-order valence-corrected chi connectivity index (χ2v) is 11.1. The number of hydrogen-bond donors (Lipinski definition) is 2. The molecule has 0 bridgehead atoms. The van der Waals surface area contributed by atoms with E-state index in [0.717, 1.165) is 12.8 Å². The molecule has 3 aliphatic rings. The Morgan fingerprint density at radius 1 is 1.09 bits per heavy atom. The third-order valence-corrected chi connectivity index (χ3v) is 7.23. The minimum absolute atomic E-state index is 0.160. The second kappa shape index (κ2) is 10.1. The third kappa shape index (κ3) is 5.40. The molecule has 1 saturated heterocycles. The van der Waals surface area contributed by atoms with Crippen molar-refractivity contribution < 1.29 is 24.6 Å². The van der Waals surface area contributed by atoms with Crippen molar-refractivity contribution in [3.05, 3.63) is 23.3 Å². The van der Waals surface area contributed by atoms with Crippen molar-refractivity contribution in [3.8, 4) is 0 Å². The fourth-order valence-corrected chi connectivity index (χ4v) is 5.63. The summed E-state index contributed by atoms with van der Waals surface area (Å²) >= 11 is 0. The molecule has 33 heavy (non-hydrogen) atoms. The summed E-state index contributed by atoms with van der Waals surface area (Å²) in [5, 5.41) is 25.8. The van der Waals surface area contributed by atoms with E-state index < -0.39 is 35.5 Å². The summed E-state index contributed by atoms with van der Waals surface area (Å²) in [6.45, 7) is 12.1. The molecule has 0 aromatic rings. The number of oxime groups is 1. The van der Waals surface area contributed by atoms with Crippen LogP contribution in [0.15, 0.2) is 28.5 Å². The van der Waals surface area contributed by atoms with Gasteiger partial charge in [0, 0.05) is 23.8 Å². The second-order valence-electron chi connectivity index (χ2n) is 11.1. The molecule has 184 valence electrons. The first-order valence-corrected chi connectivity index (χ1v) is 12.1. The number of nitrogens with zero attached hydrogens (tertiary/aromatic N) is 2. The zero-order valence-electron chi connectivity index (χ0n) is 20.9. The van der Waals surface area contributed by atoms with Gasteiger partial charge < -0.3 is 15.1 Å². The SMILES string of the molecule is CC(C)=CCCC(C)=CCON=C1C[C@@H](O)[C@@H](O)[C@@H]2[C@@H]3C(=O)N(C(C)(C)C)C(=O)[C@@H]3CC[C@H]12. The summed E-state index contributed by atoms with van der Waals surface area (Å²) in [5.74, 6) is -2.17. The molecule has 3 rings (SSSR count). The molecule has 1 aliphatic heterocycles. The number of allylic oxidation sites excluding steroid dienone is 3. The van der Waals surface area contributed by atoms with Gasteiger partial charge in [-0.05, 0) is 73.3 Å². The van der Waals surface area contributed by atoms with Crippen LogP contribution in [0.5, 0.6) is 0 Å². The Kier molecular flexibility index (Phi) is 7.84. The standard InChI is InChI=1S/C26H40N2O5/c1-15(2)8-7-9-16(3)12-13-33-27-19-14-20(29)23(30)21-17(19)10-11-18-22(21)25(32)28(24(18)31)26(4,5)6/h8,12,17-18,20-23,29-30H,7,9-11,13-14H2,1-6H3/t17-,18-,20-,21+,22-,23-/m1/s1. The van der Waals surface area contributed by atoms with Crippen molar-refractivity contribution in [2.75, 3.05) is 6.61 Å². The molecule has 3 fully saturated rings. The minimum atomic E-state index is -1.06. The van der Waals surface area contributed by atoms with Crippen LogP contribution in [0.25, 0.3) is 0 Å². The van der Waals surface area contributed by atoms with E-state index >= 15 is 0 Å². The molecule has 2 aliphatic carbocycles. The van der Waals surface area contributed by atoms with Gasteiger partial charge in [-0.25, -0.2) is 0 Å². The number of aliphatic hydroxyl groups is 2. The molecule has 0 aromatic carbocycles. The summed E-state index contributed by atoms with van der Waals surface area (Å²) < 4.78 is 0. The Balaban J connectivity index is 1.73. The molecule has 0 radical (unpaired) electrons. The lowest BCUT2D eigenvalue weighted by Crippen LogP contribution is -2.55. The van der Waals surface area contributed by atoms with Gasteiger partial charge >= 0.3 is 0 Å². The van der Waals surface area contributed by atoms with Gasteiger partial charge in [0.25, 0.3) is 0 Å². The van der Waals surface area contributed by atoms with E-state index in [4.69, 9.17) is 4.84 Å². The highest BCUT2D eigenvalue weighted by atomic mass is 16.6. The molecule has 7 heteroatoms. The molecule has 2 saturated carbocycles. The number of rotatable bonds is 6. The number of amides is 2. The third-order valence-electron chi connectivity index (χ3n) is 7.23. The fraction of sp³-hybridized carbons (Fsp3) is 0.731. The van der Waals surface area contributed by atoms with E-state index in [-0.39, 0.29) is 24.2 Å². The van der Waals surface area contributed by atoms with E-state index in [1.54, 1.807) is 0 Å². The average Bonchev–Trinajstić information content (AvgIpc) is 2.98. The molecule has 2 amide bonds. The van der Waals surface area contributed by atoms with Gasteiger partial charge in [-0.15, -0.1) is 0 Å². The van der Waals surface area contributed by atoms with Crippen molar-refractivity contribution in [3.63, 3.8) is 0 Å². The largest absolute Gasteiger partial charge is 0.392 e. The number of likely N-dealkylation sites (tertiary alicyclic amines) is 1. The zero-order valence-corrected chi connectivity index (χ0v) is 20.9.